The van der Waals surface area contributed by atoms with E-state index in [2.05, 4.69) is 21.2 Å². The van der Waals surface area contributed by atoms with Crippen molar-refractivity contribution in [1.82, 2.24) is 15.1 Å². The Kier molecular flexibility index (Phi) is 8.70. The second-order valence-corrected chi connectivity index (χ2v) is 12.5. The standard InChI is InChI=1S/C36H42N4O8/c1-17-32(45-5)21-14-24-29-28-22(33(46-6)18(2)35(48-8)31(28)42)13-23(39(29)3)25(15-37)40(24)26(27(21)30(41)34(17)47-7)16-38-36(43)19-10-9-11-20(12-19)44-4/h9-12,23-26,29,41-42H,13-14,16H2,1-8H3,(H,38,43)/t23-,24-,25?,26-,29-/m0/s1. The molecule has 0 aliphatic carbocycles. The Hall–Kier alpha value is -4.86. The number of rotatable bonds is 8. The smallest absolute Gasteiger partial charge is 0.251 e. The number of benzene rings is 3. The Balaban J connectivity index is 1.57. The maximum absolute atomic E-state index is 13.6. The van der Waals surface area contributed by atoms with Crippen molar-refractivity contribution in [2.45, 2.75) is 56.9 Å². The number of piperazine rings is 1. The number of ether oxygens (including phenoxy) is 5. The zero-order valence-corrected chi connectivity index (χ0v) is 28.5. The SMILES string of the molecule is COc1cccc(C(=O)NC[C@H]2c3c(O)c(OC)c(C)c(OC)c3C[C@H]3[C@H]4c5c(O)c(OC)c(C)c(OC)c5C[C@@H](C(C#N)N23)N4C)c1. The van der Waals surface area contributed by atoms with E-state index in [1.165, 1.54) is 21.3 Å². The highest BCUT2D eigenvalue weighted by atomic mass is 16.5. The zero-order valence-electron chi connectivity index (χ0n) is 28.5. The molecule has 1 saturated heterocycles. The van der Waals surface area contributed by atoms with Gasteiger partial charge >= 0.3 is 0 Å². The Morgan fingerprint density at radius 2 is 1.44 bits per heavy atom. The maximum atomic E-state index is 13.6. The average molecular weight is 659 g/mol. The molecule has 3 N–H and O–H groups in total. The third-order valence-corrected chi connectivity index (χ3v) is 10.4. The summed E-state index contributed by atoms with van der Waals surface area (Å²) in [6.45, 7) is 3.73. The minimum atomic E-state index is -0.669. The van der Waals surface area contributed by atoms with Crippen LogP contribution in [-0.2, 0) is 12.8 Å². The molecule has 5 atom stereocenters. The van der Waals surface area contributed by atoms with Crippen LogP contribution in [0.15, 0.2) is 24.3 Å². The molecule has 3 aliphatic rings. The minimum Gasteiger partial charge on any atom is -0.504 e. The monoisotopic (exact) mass is 658 g/mol. The summed E-state index contributed by atoms with van der Waals surface area (Å²) < 4.78 is 28.6. The number of nitrogens with one attached hydrogen (secondary N) is 1. The number of carbonyl (C=O) groups is 1. The van der Waals surface area contributed by atoms with Crippen LogP contribution in [0.4, 0.5) is 0 Å². The average Bonchev–Trinajstić information content (AvgIpc) is 3.08. The summed E-state index contributed by atoms with van der Waals surface area (Å²) in [7, 11) is 9.69. The molecule has 3 aromatic carbocycles. The third kappa shape index (κ3) is 4.75. The summed E-state index contributed by atoms with van der Waals surface area (Å²) in [6.07, 6.45) is 0.794. The topological polar surface area (TPSA) is 146 Å². The van der Waals surface area contributed by atoms with Crippen molar-refractivity contribution < 1.29 is 38.7 Å². The van der Waals surface area contributed by atoms with E-state index >= 15 is 0 Å². The molecule has 254 valence electrons. The lowest BCUT2D eigenvalue weighted by atomic mass is 9.71. The summed E-state index contributed by atoms with van der Waals surface area (Å²) >= 11 is 0. The van der Waals surface area contributed by atoms with Gasteiger partial charge in [-0.1, -0.05) is 6.07 Å². The van der Waals surface area contributed by atoms with Gasteiger partial charge in [-0.05, 0) is 51.9 Å². The number of likely N-dealkylation sites (N-methyl/N-ethyl adjacent to an activating group) is 1. The lowest BCUT2D eigenvalue weighted by molar-refractivity contribution is -0.0724. The fourth-order valence-electron chi connectivity index (χ4n) is 8.47. The first-order valence-electron chi connectivity index (χ1n) is 15.8. The summed E-state index contributed by atoms with van der Waals surface area (Å²) in [4.78, 5) is 17.8. The number of amides is 1. The van der Waals surface area contributed by atoms with Crippen LogP contribution >= 0.6 is 0 Å². The molecule has 2 bridgehead atoms. The van der Waals surface area contributed by atoms with Gasteiger partial charge in [0.05, 0.1) is 53.7 Å². The van der Waals surface area contributed by atoms with Gasteiger partial charge < -0.3 is 39.2 Å². The van der Waals surface area contributed by atoms with E-state index in [1.807, 2.05) is 20.9 Å². The molecular weight excluding hydrogens is 616 g/mol. The Morgan fingerprint density at radius 1 is 0.875 bits per heavy atom. The van der Waals surface area contributed by atoms with E-state index in [1.54, 1.807) is 38.5 Å². The van der Waals surface area contributed by atoms with E-state index in [4.69, 9.17) is 23.7 Å². The predicted molar refractivity (Wildman–Crippen MR) is 177 cm³/mol. The molecule has 0 saturated carbocycles. The number of aromatic hydroxyl groups is 2. The van der Waals surface area contributed by atoms with E-state index in [9.17, 15) is 20.3 Å². The quantitative estimate of drug-likeness (QED) is 0.323. The van der Waals surface area contributed by atoms with Crippen molar-refractivity contribution in [1.29, 1.82) is 5.26 Å². The van der Waals surface area contributed by atoms with Gasteiger partial charge in [0.2, 0.25) is 0 Å². The van der Waals surface area contributed by atoms with Crippen molar-refractivity contribution in [3.63, 3.8) is 0 Å². The van der Waals surface area contributed by atoms with Gasteiger partial charge in [0.1, 0.15) is 23.3 Å². The predicted octanol–water partition coefficient (Wildman–Crippen LogP) is 3.96. The van der Waals surface area contributed by atoms with E-state index < -0.39 is 24.2 Å². The molecule has 12 heteroatoms. The van der Waals surface area contributed by atoms with Gasteiger partial charge in [-0.15, -0.1) is 0 Å². The molecule has 3 aromatic rings. The number of phenols is 2. The Morgan fingerprint density at radius 3 is 2.00 bits per heavy atom. The number of hydrogen-bond donors (Lipinski definition) is 3. The molecule has 3 heterocycles. The fraction of sp³-hybridized carbons (Fsp3) is 0.444. The summed E-state index contributed by atoms with van der Waals surface area (Å²) in [6, 6.07) is 6.98. The first-order chi connectivity index (χ1) is 23.1. The van der Waals surface area contributed by atoms with Gasteiger partial charge in [0.15, 0.2) is 23.0 Å². The van der Waals surface area contributed by atoms with Crippen LogP contribution in [0, 0.1) is 25.2 Å². The molecule has 48 heavy (non-hydrogen) atoms. The Labute approximate surface area is 280 Å². The Bertz CT molecular complexity index is 1820. The van der Waals surface area contributed by atoms with Crippen LogP contribution in [0.1, 0.15) is 55.8 Å². The first-order valence-corrected chi connectivity index (χ1v) is 15.8. The normalized spacial score (nSPS) is 22.8. The van der Waals surface area contributed by atoms with Gasteiger partial charge in [-0.3, -0.25) is 14.6 Å². The summed E-state index contributed by atoms with van der Waals surface area (Å²) in [5.41, 5.74) is 4.52. The van der Waals surface area contributed by atoms with Crippen LogP contribution in [0.3, 0.4) is 0 Å². The van der Waals surface area contributed by atoms with Crippen molar-refractivity contribution in [3.8, 4) is 46.3 Å². The largest absolute Gasteiger partial charge is 0.504 e. The molecule has 6 rings (SSSR count). The van der Waals surface area contributed by atoms with Crippen molar-refractivity contribution in [2.24, 2.45) is 0 Å². The number of nitrogens with zero attached hydrogens (tertiary/aromatic N) is 3. The van der Waals surface area contributed by atoms with Gasteiger partial charge in [0, 0.05) is 57.6 Å². The maximum Gasteiger partial charge on any atom is 0.251 e. The zero-order chi connectivity index (χ0) is 34.6. The summed E-state index contributed by atoms with van der Waals surface area (Å²) in [5.74, 6) is 1.97. The molecule has 1 amide bonds. The second-order valence-electron chi connectivity index (χ2n) is 12.5. The number of carbonyl (C=O) groups excluding carboxylic acids is 1. The fourth-order valence-corrected chi connectivity index (χ4v) is 8.47. The van der Waals surface area contributed by atoms with Crippen molar-refractivity contribution in [3.05, 3.63) is 63.2 Å². The lowest BCUT2D eigenvalue weighted by Crippen LogP contribution is -2.68. The number of methoxy groups -OCH3 is 5. The van der Waals surface area contributed by atoms with Crippen LogP contribution in [0.2, 0.25) is 0 Å². The molecule has 3 aliphatic heterocycles. The highest BCUT2D eigenvalue weighted by molar-refractivity contribution is 5.94. The van der Waals surface area contributed by atoms with Crippen LogP contribution in [0.5, 0.6) is 40.2 Å². The molecule has 1 unspecified atom stereocenters. The molecule has 12 nitrogen and oxygen atoms in total. The number of fused-ring (bicyclic) bond motifs is 7. The molecule has 0 aromatic heterocycles. The highest BCUT2D eigenvalue weighted by Gasteiger charge is 2.57. The third-order valence-electron chi connectivity index (χ3n) is 10.4. The molecular formula is C36H42N4O8. The van der Waals surface area contributed by atoms with Gasteiger partial charge in [-0.2, -0.15) is 5.26 Å². The van der Waals surface area contributed by atoms with E-state index in [-0.39, 0.29) is 35.7 Å². The van der Waals surface area contributed by atoms with E-state index in [0.29, 0.717) is 63.7 Å². The van der Waals surface area contributed by atoms with Gasteiger partial charge in [0.25, 0.3) is 5.91 Å². The first kappa shape index (κ1) is 33.1. The number of hydrogen-bond acceptors (Lipinski definition) is 11. The molecule has 0 radical (unpaired) electrons. The number of phenolic OH excluding ortho intramolecular Hbond substituents is 2. The van der Waals surface area contributed by atoms with Crippen LogP contribution in [0.25, 0.3) is 0 Å². The van der Waals surface area contributed by atoms with E-state index in [0.717, 1.165) is 11.1 Å². The lowest BCUT2D eigenvalue weighted by Gasteiger charge is -2.60. The minimum absolute atomic E-state index is 0.0332. The summed E-state index contributed by atoms with van der Waals surface area (Å²) in [5, 5.41) is 37.6. The van der Waals surface area contributed by atoms with Crippen LogP contribution < -0.4 is 29.0 Å². The van der Waals surface area contributed by atoms with Crippen molar-refractivity contribution >= 4 is 5.91 Å². The van der Waals surface area contributed by atoms with Crippen molar-refractivity contribution in [2.75, 3.05) is 49.1 Å². The van der Waals surface area contributed by atoms with Gasteiger partial charge in [-0.25, -0.2) is 0 Å². The molecule has 1 fully saturated rings. The number of nitriles is 1. The second kappa shape index (κ2) is 12.6. The highest BCUT2D eigenvalue weighted by Crippen LogP contribution is 2.58. The van der Waals surface area contributed by atoms with Crippen LogP contribution in [-0.4, -0.2) is 93.2 Å². The molecule has 0 spiro atoms.